The van der Waals surface area contributed by atoms with Crippen LogP contribution in [0.5, 0.6) is 0 Å². The minimum Gasteiger partial charge on any atom is -0.451 e. The van der Waals surface area contributed by atoms with Gasteiger partial charge in [0.2, 0.25) is 5.91 Å². The molecular weight excluding hydrogens is 406 g/mol. The number of anilines is 1. The van der Waals surface area contributed by atoms with Crippen molar-refractivity contribution in [3.05, 3.63) is 58.6 Å². The van der Waals surface area contributed by atoms with Crippen LogP contribution >= 0.6 is 11.6 Å². The van der Waals surface area contributed by atoms with E-state index in [1.54, 1.807) is 57.4 Å². The van der Waals surface area contributed by atoms with Crippen molar-refractivity contribution < 1.29 is 14.0 Å². The Labute approximate surface area is 177 Å². The maximum atomic E-state index is 12.8. The SMILES string of the molecule is Cc1c(C(=O)Nc2ccnc(C3(C)CC(=O)N(C)C(N)=N3)c2)oc2ccc(Cl)cc12. The van der Waals surface area contributed by atoms with Gasteiger partial charge < -0.3 is 15.5 Å². The van der Waals surface area contributed by atoms with E-state index in [4.69, 9.17) is 21.8 Å². The Balaban J connectivity index is 1.63. The topological polar surface area (TPSA) is 114 Å². The zero-order valence-corrected chi connectivity index (χ0v) is 17.4. The van der Waals surface area contributed by atoms with Crippen molar-refractivity contribution in [3.8, 4) is 0 Å². The molecule has 1 unspecified atom stereocenters. The Morgan fingerprint density at radius 1 is 1.33 bits per heavy atom. The van der Waals surface area contributed by atoms with Crippen molar-refractivity contribution in [3.63, 3.8) is 0 Å². The second-order valence-corrected chi connectivity index (χ2v) is 7.89. The molecule has 8 nitrogen and oxygen atoms in total. The van der Waals surface area contributed by atoms with Gasteiger partial charge in [0, 0.05) is 34.9 Å². The summed E-state index contributed by atoms with van der Waals surface area (Å²) in [7, 11) is 1.58. The first-order valence-corrected chi connectivity index (χ1v) is 9.64. The van der Waals surface area contributed by atoms with Crippen LogP contribution in [0.4, 0.5) is 5.69 Å². The zero-order chi connectivity index (χ0) is 21.6. The molecule has 1 aliphatic rings. The number of guanidine groups is 1. The van der Waals surface area contributed by atoms with E-state index >= 15 is 0 Å². The number of aromatic nitrogens is 1. The van der Waals surface area contributed by atoms with Crippen molar-refractivity contribution in [1.82, 2.24) is 9.88 Å². The molecular formula is C21H20ClN5O3. The van der Waals surface area contributed by atoms with E-state index in [0.717, 1.165) is 5.39 Å². The van der Waals surface area contributed by atoms with Gasteiger partial charge in [-0.1, -0.05) is 11.6 Å². The molecule has 3 N–H and O–H groups in total. The molecule has 1 aliphatic heterocycles. The molecule has 2 amide bonds. The molecule has 2 aromatic heterocycles. The average molecular weight is 426 g/mol. The number of hydrogen-bond donors (Lipinski definition) is 2. The molecule has 0 spiro atoms. The van der Waals surface area contributed by atoms with Gasteiger partial charge in [-0.3, -0.25) is 19.5 Å². The number of pyridine rings is 1. The lowest BCUT2D eigenvalue weighted by Crippen LogP contribution is -2.47. The molecule has 1 atom stereocenters. The molecule has 0 fully saturated rings. The van der Waals surface area contributed by atoms with Gasteiger partial charge in [-0.2, -0.15) is 0 Å². The first kappa shape index (κ1) is 19.9. The monoisotopic (exact) mass is 425 g/mol. The largest absolute Gasteiger partial charge is 0.451 e. The summed E-state index contributed by atoms with van der Waals surface area (Å²) in [6.07, 6.45) is 1.67. The molecule has 3 aromatic rings. The molecule has 9 heteroatoms. The van der Waals surface area contributed by atoms with Crippen LogP contribution < -0.4 is 11.1 Å². The third-order valence-electron chi connectivity index (χ3n) is 5.25. The minimum absolute atomic E-state index is 0.123. The molecule has 154 valence electrons. The van der Waals surface area contributed by atoms with Crippen LogP contribution in [0.3, 0.4) is 0 Å². The number of aryl methyl sites for hydroxylation is 1. The number of nitrogens with one attached hydrogen (secondary N) is 1. The van der Waals surface area contributed by atoms with Gasteiger partial charge in [-0.25, -0.2) is 4.99 Å². The number of aliphatic imine (C=N–C) groups is 1. The van der Waals surface area contributed by atoms with E-state index in [0.29, 0.717) is 27.6 Å². The highest BCUT2D eigenvalue weighted by Crippen LogP contribution is 2.33. The molecule has 1 aromatic carbocycles. The van der Waals surface area contributed by atoms with Crippen molar-refractivity contribution >= 4 is 46.0 Å². The second kappa shape index (κ2) is 7.14. The van der Waals surface area contributed by atoms with Crippen LogP contribution in [-0.4, -0.2) is 34.7 Å². The van der Waals surface area contributed by atoms with Crippen LogP contribution in [0.1, 0.15) is 35.2 Å². The van der Waals surface area contributed by atoms with Crippen LogP contribution in [-0.2, 0) is 10.3 Å². The summed E-state index contributed by atoms with van der Waals surface area (Å²) in [5.41, 5.74) is 7.27. The molecule has 3 heterocycles. The molecule has 0 bridgehead atoms. The lowest BCUT2D eigenvalue weighted by Gasteiger charge is -2.32. The van der Waals surface area contributed by atoms with E-state index in [9.17, 15) is 9.59 Å². The number of hydrogen-bond acceptors (Lipinski definition) is 6. The lowest BCUT2D eigenvalue weighted by molar-refractivity contribution is -0.128. The Bertz CT molecular complexity index is 1220. The normalized spacial score (nSPS) is 19.1. The van der Waals surface area contributed by atoms with Gasteiger partial charge in [-0.15, -0.1) is 0 Å². The first-order valence-electron chi connectivity index (χ1n) is 9.26. The molecule has 0 saturated heterocycles. The third-order valence-corrected chi connectivity index (χ3v) is 5.48. The predicted octanol–water partition coefficient (Wildman–Crippen LogP) is 3.43. The summed E-state index contributed by atoms with van der Waals surface area (Å²) in [5, 5.41) is 4.17. The Morgan fingerprint density at radius 2 is 2.10 bits per heavy atom. The van der Waals surface area contributed by atoms with Crippen molar-refractivity contribution in [2.24, 2.45) is 10.7 Å². The number of fused-ring (bicyclic) bond motifs is 1. The fourth-order valence-electron chi connectivity index (χ4n) is 3.46. The van der Waals surface area contributed by atoms with Gasteiger partial charge in [-0.05, 0) is 44.2 Å². The Hall–Kier alpha value is -3.39. The minimum atomic E-state index is -0.916. The van der Waals surface area contributed by atoms with Crippen molar-refractivity contribution in [2.75, 3.05) is 12.4 Å². The Kier molecular flexibility index (Phi) is 4.74. The van der Waals surface area contributed by atoms with Crippen LogP contribution in [0.15, 0.2) is 45.9 Å². The van der Waals surface area contributed by atoms with Crippen molar-refractivity contribution in [2.45, 2.75) is 25.8 Å². The molecule has 30 heavy (non-hydrogen) atoms. The van der Waals surface area contributed by atoms with E-state index in [-0.39, 0.29) is 24.0 Å². The van der Waals surface area contributed by atoms with Gasteiger partial charge in [0.15, 0.2) is 11.7 Å². The van der Waals surface area contributed by atoms with E-state index in [2.05, 4.69) is 15.3 Å². The molecule has 4 rings (SSSR count). The maximum absolute atomic E-state index is 12.8. The first-order chi connectivity index (χ1) is 14.2. The lowest BCUT2D eigenvalue weighted by atomic mass is 9.91. The standard InChI is InChI=1S/C21H20ClN5O3/c1-11-14-8-12(22)4-5-15(14)30-18(11)19(29)25-13-6-7-24-16(9-13)21(2)10-17(28)27(3)20(23)26-21/h4-9H,10H2,1-3H3,(H2,23,26)(H,24,25,29). The third kappa shape index (κ3) is 3.39. The number of amides is 2. The highest BCUT2D eigenvalue weighted by molar-refractivity contribution is 6.31. The zero-order valence-electron chi connectivity index (χ0n) is 16.7. The van der Waals surface area contributed by atoms with Crippen LogP contribution in [0.25, 0.3) is 11.0 Å². The smallest absolute Gasteiger partial charge is 0.291 e. The number of benzene rings is 1. The summed E-state index contributed by atoms with van der Waals surface area (Å²) >= 11 is 6.05. The average Bonchev–Trinajstić information content (AvgIpc) is 3.02. The van der Waals surface area contributed by atoms with E-state index < -0.39 is 11.4 Å². The number of furan rings is 1. The fourth-order valence-corrected chi connectivity index (χ4v) is 3.63. The summed E-state index contributed by atoms with van der Waals surface area (Å²) in [6, 6.07) is 8.54. The highest BCUT2D eigenvalue weighted by atomic mass is 35.5. The highest BCUT2D eigenvalue weighted by Gasteiger charge is 2.37. The summed E-state index contributed by atoms with van der Waals surface area (Å²) in [4.78, 5) is 35.2. The fraction of sp³-hybridized carbons (Fsp3) is 0.238. The van der Waals surface area contributed by atoms with E-state index in [1.165, 1.54) is 4.90 Å². The Morgan fingerprint density at radius 3 is 2.83 bits per heavy atom. The maximum Gasteiger partial charge on any atom is 0.291 e. The molecule has 0 saturated carbocycles. The number of rotatable bonds is 3. The summed E-state index contributed by atoms with van der Waals surface area (Å²) < 4.78 is 5.72. The number of halogens is 1. The quantitative estimate of drug-likeness (QED) is 0.667. The van der Waals surface area contributed by atoms with Gasteiger partial charge >= 0.3 is 0 Å². The predicted molar refractivity (Wildman–Crippen MR) is 115 cm³/mol. The van der Waals surface area contributed by atoms with Gasteiger partial charge in [0.1, 0.15) is 11.1 Å². The van der Waals surface area contributed by atoms with Gasteiger partial charge in [0.25, 0.3) is 5.91 Å². The van der Waals surface area contributed by atoms with Crippen LogP contribution in [0, 0.1) is 6.92 Å². The summed E-state index contributed by atoms with van der Waals surface area (Å²) in [6.45, 7) is 3.59. The second-order valence-electron chi connectivity index (χ2n) is 7.45. The number of carbonyl (C=O) groups is 2. The van der Waals surface area contributed by atoms with Gasteiger partial charge in [0.05, 0.1) is 12.1 Å². The molecule has 0 aliphatic carbocycles. The van der Waals surface area contributed by atoms with Crippen LogP contribution in [0.2, 0.25) is 5.02 Å². The molecule has 0 radical (unpaired) electrons. The van der Waals surface area contributed by atoms with E-state index in [1.807, 2.05) is 0 Å². The van der Waals surface area contributed by atoms with Crippen molar-refractivity contribution in [1.29, 1.82) is 0 Å². The number of nitrogens with zero attached hydrogens (tertiary/aromatic N) is 3. The number of nitrogens with two attached hydrogens (primary N) is 1. The summed E-state index contributed by atoms with van der Waals surface area (Å²) in [5.74, 6) is -0.225. The number of carbonyl (C=O) groups excluding carboxylic acids is 2.